The highest BCUT2D eigenvalue weighted by molar-refractivity contribution is 5.80. The van der Waals surface area contributed by atoms with Crippen molar-refractivity contribution < 1.29 is 24.2 Å². The summed E-state index contributed by atoms with van der Waals surface area (Å²) in [6.07, 6.45) is 2.19. The lowest BCUT2D eigenvalue weighted by Gasteiger charge is -2.11. The molecule has 23 heavy (non-hydrogen) atoms. The van der Waals surface area contributed by atoms with Gasteiger partial charge in [0.15, 0.2) is 0 Å². The molecule has 0 aromatic heterocycles. The molecular weight excluding hydrogens is 298 g/mol. The number of carboxylic acids is 1. The third-order valence-corrected chi connectivity index (χ3v) is 3.88. The Hall–Kier alpha value is -2.24. The fraction of sp³-hybridized carbons (Fsp3) is 0.529. The predicted octanol–water partition coefficient (Wildman–Crippen LogP) is 2.23. The van der Waals surface area contributed by atoms with E-state index in [1.807, 2.05) is 31.2 Å². The second-order valence-electron chi connectivity index (χ2n) is 5.72. The van der Waals surface area contributed by atoms with Crippen LogP contribution < -0.4 is 14.8 Å². The molecule has 2 N–H and O–H groups in total. The first-order chi connectivity index (χ1) is 11.1. The Labute approximate surface area is 135 Å². The number of hydrogen-bond acceptors (Lipinski definition) is 4. The molecule has 0 aliphatic heterocycles. The maximum Gasteiger partial charge on any atom is 0.311 e. The minimum absolute atomic E-state index is 0.132. The van der Waals surface area contributed by atoms with E-state index in [0.717, 1.165) is 11.5 Å². The third-order valence-electron chi connectivity index (χ3n) is 3.88. The number of aliphatic carboxylic acids is 1. The summed E-state index contributed by atoms with van der Waals surface area (Å²) in [5, 5.41) is 11.7. The van der Waals surface area contributed by atoms with Crippen molar-refractivity contribution in [1.29, 1.82) is 0 Å². The molecule has 6 heteroatoms. The molecule has 0 heterocycles. The number of rotatable bonds is 10. The quantitative estimate of drug-likeness (QED) is 0.646. The smallest absolute Gasteiger partial charge is 0.311 e. The Balaban J connectivity index is 1.59. The van der Waals surface area contributed by atoms with Gasteiger partial charge < -0.3 is 19.9 Å². The molecule has 1 amide bonds. The van der Waals surface area contributed by atoms with Crippen LogP contribution in [0.25, 0.3) is 0 Å². The van der Waals surface area contributed by atoms with Gasteiger partial charge in [0.25, 0.3) is 0 Å². The average Bonchev–Trinajstić information content (AvgIpc) is 3.33. The zero-order chi connectivity index (χ0) is 16.7. The monoisotopic (exact) mass is 321 g/mol. The first-order valence-electron chi connectivity index (χ1n) is 7.91. The number of carboxylic acid groups (broad SMARTS) is 1. The van der Waals surface area contributed by atoms with E-state index in [-0.39, 0.29) is 12.5 Å². The van der Waals surface area contributed by atoms with E-state index < -0.39 is 11.4 Å². The maximum atomic E-state index is 11.7. The summed E-state index contributed by atoms with van der Waals surface area (Å²) in [6.45, 7) is 3.21. The molecule has 1 aliphatic rings. The van der Waals surface area contributed by atoms with E-state index in [4.69, 9.17) is 14.6 Å². The van der Waals surface area contributed by atoms with Gasteiger partial charge in [-0.3, -0.25) is 9.59 Å². The van der Waals surface area contributed by atoms with E-state index in [1.165, 1.54) is 0 Å². The molecule has 1 fully saturated rings. The van der Waals surface area contributed by atoms with Crippen LogP contribution >= 0.6 is 0 Å². The van der Waals surface area contributed by atoms with Crippen LogP contribution in [0.2, 0.25) is 0 Å². The zero-order valence-corrected chi connectivity index (χ0v) is 13.3. The lowest BCUT2D eigenvalue weighted by molar-refractivity contribution is -0.143. The topological polar surface area (TPSA) is 84.9 Å². The molecule has 1 aliphatic carbocycles. The van der Waals surface area contributed by atoms with E-state index in [0.29, 0.717) is 38.9 Å². The van der Waals surface area contributed by atoms with Crippen molar-refractivity contribution in [2.75, 3.05) is 19.8 Å². The second-order valence-corrected chi connectivity index (χ2v) is 5.72. The first-order valence-corrected chi connectivity index (χ1v) is 7.91. The van der Waals surface area contributed by atoms with Crippen molar-refractivity contribution in [3.05, 3.63) is 24.3 Å². The summed E-state index contributed by atoms with van der Waals surface area (Å²) < 4.78 is 10.9. The van der Waals surface area contributed by atoms with Gasteiger partial charge >= 0.3 is 5.97 Å². The van der Waals surface area contributed by atoms with Crippen LogP contribution in [0.4, 0.5) is 0 Å². The Morgan fingerprint density at radius 3 is 2.30 bits per heavy atom. The molecule has 0 saturated heterocycles. The van der Waals surface area contributed by atoms with Gasteiger partial charge in [-0.15, -0.1) is 0 Å². The van der Waals surface area contributed by atoms with Crippen LogP contribution in [0.15, 0.2) is 24.3 Å². The zero-order valence-electron chi connectivity index (χ0n) is 13.3. The SMILES string of the molecule is CCOc1ccc(OCCCC(=O)NCC2(C(=O)O)CC2)cc1. The van der Waals surface area contributed by atoms with Crippen molar-refractivity contribution in [3.8, 4) is 11.5 Å². The number of carbonyl (C=O) groups is 2. The number of nitrogens with one attached hydrogen (secondary N) is 1. The third kappa shape index (κ3) is 5.16. The van der Waals surface area contributed by atoms with E-state index >= 15 is 0 Å². The van der Waals surface area contributed by atoms with E-state index in [2.05, 4.69) is 5.32 Å². The molecule has 126 valence electrons. The predicted molar refractivity (Wildman–Crippen MR) is 84.7 cm³/mol. The molecule has 2 rings (SSSR count). The summed E-state index contributed by atoms with van der Waals surface area (Å²) in [5.41, 5.74) is -0.714. The maximum absolute atomic E-state index is 11.7. The van der Waals surface area contributed by atoms with Gasteiger partial charge in [-0.1, -0.05) is 0 Å². The largest absolute Gasteiger partial charge is 0.494 e. The molecule has 1 aromatic rings. The Morgan fingerprint density at radius 1 is 1.17 bits per heavy atom. The molecule has 0 unspecified atom stereocenters. The molecule has 0 radical (unpaired) electrons. The Bertz CT molecular complexity index is 536. The number of hydrogen-bond donors (Lipinski definition) is 2. The molecule has 1 saturated carbocycles. The van der Waals surface area contributed by atoms with Gasteiger partial charge in [0.05, 0.1) is 18.6 Å². The van der Waals surface area contributed by atoms with Crippen molar-refractivity contribution in [3.63, 3.8) is 0 Å². The Kier molecular flexibility index (Phi) is 5.84. The van der Waals surface area contributed by atoms with E-state index in [9.17, 15) is 9.59 Å². The van der Waals surface area contributed by atoms with Gasteiger partial charge in [-0.05, 0) is 50.5 Å². The lowest BCUT2D eigenvalue weighted by Crippen LogP contribution is -2.34. The molecule has 6 nitrogen and oxygen atoms in total. The van der Waals surface area contributed by atoms with Gasteiger partial charge in [0.1, 0.15) is 11.5 Å². The molecule has 0 spiro atoms. The number of amides is 1. The van der Waals surface area contributed by atoms with Crippen LogP contribution in [0.3, 0.4) is 0 Å². The molecule has 0 atom stereocenters. The number of carbonyl (C=O) groups excluding carboxylic acids is 1. The fourth-order valence-corrected chi connectivity index (χ4v) is 2.19. The summed E-state index contributed by atoms with van der Waals surface area (Å²) >= 11 is 0. The standard InChI is InChI=1S/C17H23NO5/c1-2-22-13-5-7-14(8-6-13)23-11-3-4-15(19)18-12-17(9-10-17)16(20)21/h5-8H,2-4,9-12H2,1H3,(H,18,19)(H,20,21). The summed E-state index contributed by atoms with van der Waals surface area (Å²) in [5.74, 6) is 0.577. The van der Waals surface area contributed by atoms with Crippen LogP contribution in [0.1, 0.15) is 32.6 Å². The van der Waals surface area contributed by atoms with Crippen molar-refractivity contribution >= 4 is 11.9 Å². The van der Waals surface area contributed by atoms with Crippen LogP contribution in [0, 0.1) is 5.41 Å². The second kappa shape index (κ2) is 7.85. The van der Waals surface area contributed by atoms with Gasteiger partial charge in [0.2, 0.25) is 5.91 Å². The summed E-state index contributed by atoms with van der Waals surface area (Å²) in [4.78, 5) is 22.7. The van der Waals surface area contributed by atoms with Crippen molar-refractivity contribution in [2.45, 2.75) is 32.6 Å². The normalized spacial score (nSPS) is 14.8. The van der Waals surface area contributed by atoms with Gasteiger partial charge in [-0.2, -0.15) is 0 Å². The van der Waals surface area contributed by atoms with Gasteiger partial charge in [-0.25, -0.2) is 0 Å². The average molecular weight is 321 g/mol. The molecule has 1 aromatic carbocycles. The van der Waals surface area contributed by atoms with Crippen LogP contribution in [0.5, 0.6) is 11.5 Å². The summed E-state index contributed by atoms with van der Waals surface area (Å²) in [7, 11) is 0. The number of benzene rings is 1. The van der Waals surface area contributed by atoms with Crippen molar-refractivity contribution in [2.24, 2.45) is 5.41 Å². The Morgan fingerprint density at radius 2 is 1.78 bits per heavy atom. The minimum Gasteiger partial charge on any atom is -0.494 e. The van der Waals surface area contributed by atoms with Crippen LogP contribution in [-0.4, -0.2) is 36.7 Å². The highest BCUT2D eigenvalue weighted by Crippen LogP contribution is 2.45. The highest BCUT2D eigenvalue weighted by Gasteiger charge is 2.50. The number of ether oxygens (including phenoxy) is 2. The van der Waals surface area contributed by atoms with Crippen molar-refractivity contribution in [1.82, 2.24) is 5.32 Å². The summed E-state index contributed by atoms with van der Waals surface area (Å²) in [6, 6.07) is 7.34. The first kappa shape index (κ1) is 17.1. The minimum atomic E-state index is -0.823. The van der Waals surface area contributed by atoms with Gasteiger partial charge in [0, 0.05) is 13.0 Å². The fourth-order valence-electron chi connectivity index (χ4n) is 2.19. The van der Waals surface area contributed by atoms with E-state index in [1.54, 1.807) is 0 Å². The van der Waals surface area contributed by atoms with Crippen LogP contribution in [-0.2, 0) is 9.59 Å². The molecule has 0 bridgehead atoms. The highest BCUT2D eigenvalue weighted by atomic mass is 16.5. The lowest BCUT2D eigenvalue weighted by atomic mass is 10.1. The molecular formula is C17H23NO5.